The SMILES string of the molecule is CC(C)(C)NC(=O)Cn1cc(N)nn1. The Morgan fingerprint density at radius 3 is 2.71 bits per heavy atom. The summed E-state index contributed by atoms with van der Waals surface area (Å²) in [7, 11) is 0. The molecule has 3 N–H and O–H groups in total. The minimum Gasteiger partial charge on any atom is -0.381 e. The molecule has 14 heavy (non-hydrogen) atoms. The van der Waals surface area contributed by atoms with E-state index in [9.17, 15) is 4.79 Å². The second-order valence-electron chi connectivity index (χ2n) is 4.14. The minimum atomic E-state index is -0.233. The van der Waals surface area contributed by atoms with Gasteiger partial charge in [0.1, 0.15) is 6.54 Å². The van der Waals surface area contributed by atoms with Crippen molar-refractivity contribution in [2.75, 3.05) is 5.73 Å². The maximum absolute atomic E-state index is 11.4. The predicted octanol–water partition coefficient (Wildman–Crippen LogP) is -0.225. The van der Waals surface area contributed by atoms with Gasteiger partial charge in [-0.15, -0.1) is 5.10 Å². The number of carbonyl (C=O) groups is 1. The van der Waals surface area contributed by atoms with Crippen LogP contribution in [0.1, 0.15) is 20.8 Å². The van der Waals surface area contributed by atoms with Gasteiger partial charge < -0.3 is 11.1 Å². The average molecular weight is 197 g/mol. The lowest BCUT2D eigenvalue weighted by Crippen LogP contribution is -2.42. The molecule has 0 fully saturated rings. The van der Waals surface area contributed by atoms with E-state index in [0.29, 0.717) is 5.82 Å². The lowest BCUT2D eigenvalue weighted by atomic mass is 10.1. The van der Waals surface area contributed by atoms with Gasteiger partial charge in [0.15, 0.2) is 5.82 Å². The summed E-state index contributed by atoms with van der Waals surface area (Å²) in [6, 6.07) is 0. The Hall–Kier alpha value is -1.59. The molecule has 0 unspecified atom stereocenters. The molecule has 1 aromatic rings. The average Bonchev–Trinajstić information content (AvgIpc) is 2.30. The number of amides is 1. The van der Waals surface area contributed by atoms with Crippen molar-refractivity contribution in [3.05, 3.63) is 6.20 Å². The monoisotopic (exact) mass is 197 g/mol. The summed E-state index contributed by atoms with van der Waals surface area (Å²) >= 11 is 0. The Labute approximate surface area is 82.5 Å². The molecule has 1 rings (SSSR count). The van der Waals surface area contributed by atoms with Crippen LogP contribution in [0.3, 0.4) is 0 Å². The summed E-state index contributed by atoms with van der Waals surface area (Å²) in [5, 5.41) is 10.1. The summed E-state index contributed by atoms with van der Waals surface area (Å²) in [5.41, 5.74) is 5.12. The number of anilines is 1. The van der Waals surface area contributed by atoms with E-state index in [1.54, 1.807) is 0 Å². The van der Waals surface area contributed by atoms with Gasteiger partial charge in [-0.1, -0.05) is 5.21 Å². The molecule has 1 amide bonds. The van der Waals surface area contributed by atoms with Gasteiger partial charge in [0.25, 0.3) is 0 Å². The number of rotatable bonds is 2. The van der Waals surface area contributed by atoms with E-state index in [4.69, 9.17) is 5.73 Å². The summed E-state index contributed by atoms with van der Waals surface area (Å²) < 4.78 is 1.40. The van der Waals surface area contributed by atoms with Crippen molar-refractivity contribution in [1.82, 2.24) is 20.3 Å². The molecule has 0 saturated heterocycles. The molecular weight excluding hydrogens is 182 g/mol. The Morgan fingerprint density at radius 2 is 2.29 bits per heavy atom. The van der Waals surface area contributed by atoms with Crippen LogP contribution in [0.2, 0.25) is 0 Å². The van der Waals surface area contributed by atoms with Crippen LogP contribution in [0.5, 0.6) is 0 Å². The number of nitrogens with one attached hydrogen (secondary N) is 1. The second-order valence-corrected chi connectivity index (χ2v) is 4.14. The van der Waals surface area contributed by atoms with Crippen molar-refractivity contribution in [2.45, 2.75) is 32.9 Å². The third kappa shape index (κ3) is 3.42. The van der Waals surface area contributed by atoms with Crippen molar-refractivity contribution >= 4 is 11.7 Å². The summed E-state index contributed by atoms with van der Waals surface area (Å²) in [6.45, 7) is 5.89. The Balaban J connectivity index is 2.50. The van der Waals surface area contributed by atoms with Gasteiger partial charge in [-0.2, -0.15) is 0 Å². The molecule has 0 spiro atoms. The van der Waals surface area contributed by atoms with Crippen LogP contribution in [-0.2, 0) is 11.3 Å². The van der Waals surface area contributed by atoms with Crippen molar-refractivity contribution in [3.8, 4) is 0 Å². The molecule has 6 nitrogen and oxygen atoms in total. The van der Waals surface area contributed by atoms with E-state index in [2.05, 4.69) is 15.6 Å². The number of nitrogens with two attached hydrogens (primary N) is 1. The van der Waals surface area contributed by atoms with Gasteiger partial charge >= 0.3 is 0 Å². The van der Waals surface area contributed by atoms with Crippen LogP contribution in [0.15, 0.2) is 6.20 Å². The fraction of sp³-hybridized carbons (Fsp3) is 0.625. The first-order valence-corrected chi connectivity index (χ1v) is 4.33. The number of hydrogen-bond acceptors (Lipinski definition) is 4. The van der Waals surface area contributed by atoms with Crippen molar-refractivity contribution in [1.29, 1.82) is 0 Å². The predicted molar refractivity (Wildman–Crippen MR) is 52.3 cm³/mol. The first-order valence-electron chi connectivity index (χ1n) is 4.33. The third-order valence-corrected chi connectivity index (χ3v) is 1.38. The molecule has 0 bridgehead atoms. The summed E-state index contributed by atoms with van der Waals surface area (Å²) in [6.07, 6.45) is 1.52. The van der Waals surface area contributed by atoms with Gasteiger partial charge in [0.05, 0.1) is 6.20 Å². The van der Waals surface area contributed by atoms with Gasteiger partial charge in [-0.05, 0) is 20.8 Å². The summed E-state index contributed by atoms with van der Waals surface area (Å²) in [4.78, 5) is 11.4. The van der Waals surface area contributed by atoms with Crippen molar-refractivity contribution in [3.63, 3.8) is 0 Å². The molecule has 0 aliphatic carbocycles. The fourth-order valence-electron chi connectivity index (χ4n) is 0.996. The van der Waals surface area contributed by atoms with Crippen LogP contribution >= 0.6 is 0 Å². The Morgan fingerprint density at radius 1 is 1.64 bits per heavy atom. The highest BCUT2D eigenvalue weighted by Gasteiger charge is 2.14. The normalized spacial score (nSPS) is 11.4. The third-order valence-electron chi connectivity index (χ3n) is 1.38. The molecule has 0 radical (unpaired) electrons. The Bertz CT molecular complexity index is 325. The molecule has 0 aliphatic rings. The van der Waals surface area contributed by atoms with Crippen LogP contribution in [0, 0.1) is 0 Å². The van der Waals surface area contributed by atoms with E-state index >= 15 is 0 Å². The van der Waals surface area contributed by atoms with E-state index in [-0.39, 0.29) is 18.0 Å². The molecule has 1 heterocycles. The highest BCUT2D eigenvalue weighted by atomic mass is 16.2. The lowest BCUT2D eigenvalue weighted by Gasteiger charge is -2.20. The highest BCUT2D eigenvalue weighted by Crippen LogP contribution is 1.99. The number of aromatic nitrogens is 3. The molecule has 78 valence electrons. The fourth-order valence-corrected chi connectivity index (χ4v) is 0.996. The standard InChI is InChI=1S/C8H15N5O/c1-8(2,3)10-7(14)5-13-4-6(9)11-12-13/h4H,5,9H2,1-3H3,(H,10,14). The largest absolute Gasteiger partial charge is 0.381 e. The minimum absolute atomic E-state index is 0.109. The maximum Gasteiger partial charge on any atom is 0.242 e. The quantitative estimate of drug-likeness (QED) is 0.686. The van der Waals surface area contributed by atoms with Gasteiger partial charge in [0.2, 0.25) is 5.91 Å². The van der Waals surface area contributed by atoms with E-state index < -0.39 is 0 Å². The first kappa shape index (κ1) is 10.5. The molecule has 0 aliphatic heterocycles. The highest BCUT2D eigenvalue weighted by molar-refractivity contribution is 5.76. The van der Waals surface area contributed by atoms with Crippen molar-refractivity contribution in [2.24, 2.45) is 0 Å². The Kier molecular flexibility index (Phi) is 2.73. The molecule has 0 atom stereocenters. The van der Waals surface area contributed by atoms with E-state index in [0.717, 1.165) is 0 Å². The number of carbonyl (C=O) groups excluding carboxylic acids is 1. The molecular formula is C8H15N5O. The zero-order chi connectivity index (χ0) is 10.8. The number of hydrogen-bond donors (Lipinski definition) is 2. The van der Waals surface area contributed by atoms with Crippen molar-refractivity contribution < 1.29 is 4.79 Å². The van der Waals surface area contributed by atoms with Crippen LogP contribution < -0.4 is 11.1 Å². The zero-order valence-electron chi connectivity index (χ0n) is 8.61. The summed E-state index contributed by atoms with van der Waals surface area (Å²) in [5.74, 6) is 0.205. The van der Waals surface area contributed by atoms with Crippen LogP contribution in [-0.4, -0.2) is 26.4 Å². The maximum atomic E-state index is 11.4. The molecule has 1 aromatic heterocycles. The molecule has 0 saturated carbocycles. The van der Waals surface area contributed by atoms with Gasteiger partial charge in [0, 0.05) is 5.54 Å². The van der Waals surface area contributed by atoms with Gasteiger partial charge in [-0.25, -0.2) is 4.68 Å². The van der Waals surface area contributed by atoms with Gasteiger partial charge in [-0.3, -0.25) is 4.79 Å². The van der Waals surface area contributed by atoms with E-state index in [1.807, 2.05) is 20.8 Å². The topological polar surface area (TPSA) is 85.8 Å². The lowest BCUT2D eigenvalue weighted by molar-refractivity contribution is -0.123. The van der Waals surface area contributed by atoms with E-state index in [1.165, 1.54) is 10.9 Å². The molecule has 0 aromatic carbocycles. The first-order chi connectivity index (χ1) is 6.37. The van der Waals surface area contributed by atoms with Crippen LogP contribution in [0.4, 0.5) is 5.82 Å². The smallest absolute Gasteiger partial charge is 0.242 e. The number of nitrogen functional groups attached to an aromatic ring is 1. The number of nitrogens with zero attached hydrogens (tertiary/aromatic N) is 3. The zero-order valence-corrected chi connectivity index (χ0v) is 8.61. The van der Waals surface area contributed by atoms with Crippen LogP contribution in [0.25, 0.3) is 0 Å². The second kappa shape index (κ2) is 3.65. The molecule has 6 heteroatoms.